The summed E-state index contributed by atoms with van der Waals surface area (Å²) in [6.45, 7) is 2.56. The van der Waals surface area contributed by atoms with E-state index in [4.69, 9.17) is 0 Å². The lowest BCUT2D eigenvalue weighted by molar-refractivity contribution is 0.567. The van der Waals surface area contributed by atoms with Crippen LogP contribution < -0.4 is 0 Å². The van der Waals surface area contributed by atoms with Crippen molar-refractivity contribution in [1.29, 1.82) is 0 Å². The van der Waals surface area contributed by atoms with Crippen LogP contribution in [0, 0.1) is 6.92 Å². The van der Waals surface area contributed by atoms with Gasteiger partial charge in [0.05, 0.1) is 16.3 Å². The molecule has 90 valence electrons. The van der Waals surface area contributed by atoms with Crippen molar-refractivity contribution in [3.8, 4) is 0 Å². The zero-order chi connectivity index (χ0) is 12.0. The quantitative estimate of drug-likeness (QED) is 0.793. The number of thioether (sulfide) groups is 1. The molecule has 0 unspecified atom stereocenters. The van der Waals surface area contributed by atoms with E-state index in [1.54, 1.807) is 11.3 Å². The van der Waals surface area contributed by atoms with Gasteiger partial charge < -0.3 is 4.90 Å². The zero-order valence-electron chi connectivity index (χ0n) is 9.08. The van der Waals surface area contributed by atoms with Gasteiger partial charge in [-0.3, -0.25) is 0 Å². The summed E-state index contributed by atoms with van der Waals surface area (Å²) < 4.78 is 26.6. The molecule has 0 aromatic carbocycles. The fraction of sp³-hybridized carbons (Fsp3) is 0.300. The number of fused-ring (bicyclic) bond motifs is 1. The number of rotatable bonds is 1. The van der Waals surface area contributed by atoms with Gasteiger partial charge in [-0.1, -0.05) is 11.8 Å². The molecule has 0 N–H and O–H groups in total. The van der Waals surface area contributed by atoms with Gasteiger partial charge >= 0.3 is 0 Å². The van der Waals surface area contributed by atoms with Crippen LogP contribution in [0.2, 0.25) is 0 Å². The average molecular weight is 286 g/mol. The monoisotopic (exact) mass is 286 g/mol. The van der Waals surface area contributed by atoms with E-state index in [1.165, 1.54) is 21.5 Å². The first-order valence-electron chi connectivity index (χ1n) is 5.09. The minimum absolute atomic E-state index is 0.0960. The average Bonchev–Trinajstić information content (AvgIpc) is 2.82. The molecule has 0 amide bonds. The number of sulfonamides is 1. The van der Waals surface area contributed by atoms with E-state index < -0.39 is 10.0 Å². The van der Waals surface area contributed by atoms with Crippen molar-refractivity contribution in [2.75, 3.05) is 12.3 Å². The van der Waals surface area contributed by atoms with E-state index in [-0.39, 0.29) is 5.75 Å². The number of aryl methyl sites for hydroxylation is 1. The first-order valence-corrected chi connectivity index (χ1v) is 8.39. The molecule has 0 aliphatic carbocycles. The van der Waals surface area contributed by atoms with E-state index in [2.05, 4.69) is 23.5 Å². The predicted molar refractivity (Wildman–Crippen MR) is 72.6 cm³/mol. The molecule has 3 heterocycles. The maximum Gasteiger partial charge on any atom is 0.257 e. The fourth-order valence-corrected chi connectivity index (χ4v) is 4.87. The van der Waals surface area contributed by atoms with Crippen molar-refractivity contribution in [3.05, 3.63) is 27.3 Å². The summed E-state index contributed by atoms with van der Waals surface area (Å²) in [7, 11) is -3.24. The van der Waals surface area contributed by atoms with Crippen LogP contribution in [0.25, 0.3) is 5.70 Å². The number of hydrogen-bond donors (Lipinski definition) is 0. The van der Waals surface area contributed by atoms with Crippen LogP contribution in [0.4, 0.5) is 0 Å². The van der Waals surface area contributed by atoms with E-state index in [0.29, 0.717) is 11.7 Å². The largest absolute Gasteiger partial charge is 0.317 e. The minimum atomic E-state index is -3.24. The summed E-state index contributed by atoms with van der Waals surface area (Å²) >= 11 is 3.10. The minimum Gasteiger partial charge on any atom is -0.317 e. The molecule has 7 heteroatoms. The summed E-state index contributed by atoms with van der Waals surface area (Å²) in [6.07, 6.45) is 0. The van der Waals surface area contributed by atoms with E-state index >= 15 is 0 Å². The molecule has 0 radical (unpaired) electrons. The standard InChI is InChI=1S/C10H10N2O2S3/c1-7-2-3-9(16-7)8-6-15-10-11-17(13,14)5-4-12(8)10/h2-3,6H,4-5H2,1H3. The van der Waals surface area contributed by atoms with E-state index in [9.17, 15) is 8.42 Å². The lowest BCUT2D eigenvalue weighted by atomic mass is 10.3. The number of amidine groups is 1. The molecule has 3 rings (SSSR count). The molecule has 2 aliphatic heterocycles. The van der Waals surface area contributed by atoms with Crippen molar-refractivity contribution in [1.82, 2.24) is 4.90 Å². The normalized spacial score (nSPS) is 22.1. The third-order valence-corrected chi connectivity index (χ3v) is 5.73. The first kappa shape index (κ1) is 11.3. The van der Waals surface area contributed by atoms with Gasteiger partial charge in [0.2, 0.25) is 0 Å². The maximum absolute atomic E-state index is 11.4. The molecule has 0 fully saturated rings. The van der Waals surface area contributed by atoms with Gasteiger partial charge in [0.1, 0.15) is 0 Å². The second-order valence-corrected chi connectivity index (χ2v) is 7.72. The second kappa shape index (κ2) is 3.86. The SMILES string of the molecule is Cc1ccc(C2=CSC3=NS(=O)(=O)CCN23)s1. The fourth-order valence-electron chi connectivity index (χ4n) is 1.76. The predicted octanol–water partition coefficient (Wildman–Crippen LogP) is 2.10. The molecule has 17 heavy (non-hydrogen) atoms. The van der Waals surface area contributed by atoms with Crippen molar-refractivity contribution in [2.24, 2.45) is 4.40 Å². The lowest BCUT2D eigenvalue weighted by Gasteiger charge is -2.24. The van der Waals surface area contributed by atoms with Crippen LogP contribution in [0.5, 0.6) is 0 Å². The summed E-state index contributed by atoms with van der Waals surface area (Å²) in [5.74, 6) is 0.0960. The molecule has 0 saturated carbocycles. The first-order chi connectivity index (χ1) is 8.05. The Kier molecular flexibility index (Phi) is 2.57. The van der Waals surface area contributed by atoms with Crippen molar-refractivity contribution >= 4 is 44.0 Å². The summed E-state index contributed by atoms with van der Waals surface area (Å²) in [4.78, 5) is 4.40. The Morgan fingerprint density at radius 3 is 2.94 bits per heavy atom. The molecular weight excluding hydrogens is 276 g/mol. The Bertz CT molecular complexity index is 628. The van der Waals surface area contributed by atoms with Crippen LogP contribution in [0.15, 0.2) is 21.9 Å². The van der Waals surface area contributed by atoms with Crippen LogP contribution in [-0.2, 0) is 10.0 Å². The molecule has 0 atom stereocenters. The lowest BCUT2D eigenvalue weighted by Crippen LogP contribution is -2.33. The Morgan fingerprint density at radius 1 is 1.41 bits per heavy atom. The van der Waals surface area contributed by atoms with Gasteiger partial charge in [0, 0.05) is 16.8 Å². The van der Waals surface area contributed by atoms with Crippen molar-refractivity contribution in [2.45, 2.75) is 6.92 Å². The number of thiophene rings is 1. The van der Waals surface area contributed by atoms with E-state index in [1.807, 2.05) is 10.3 Å². The van der Waals surface area contributed by atoms with Gasteiger partial charge in [-0.05, 0) is 19.1 Å². The Morgan fingerprint density at radius 2 is 2.24 bits per heavy atom. The highest BCUT2D eigenvalue weighted by Crippen LogP contribution is 2.37. The molecule has 4 nitrogen and oxygen atoms in total. The topological polar surface area (TPSA) is 49.7 Å². The molecule has 1 aromatic heterocycles. The molecule has 0 saturated heterocycles. The maximum atomic E-state index is 11.4. The highest BCUT2D eigenvalue weighted by atomic mass is 32.2. The smallest absolute Gasteiger partial charge is 0.257 e. The second-order valence-electron chi connectivity index (χ2n) is 3.84. The van der Waals surface area contributed by atoms with Gasteiger partial charge in [0.25, 0.3) is 10.0 Å². The van der Waals surface area contributed by atoms with Gasteiger partial charge in [-0.15, -0.1) is 15.7 Å². The Labute approximate surface area is 108 Å². The van der Waals surface area contributed by atoms with Gasteiger partial charge in [-0.25, -0.2) is 8.42 Å². The molecule has 1 aromatic rings. The molecule has 0 bridgehead atoms. The number of nitrogens with zero attached hydrogens (tertiary/aromatic N) is 2. The van der Waals surface area contributed by atoms with Crippen LogP contribution in [0.1, 0.15) is 9.75 Å². The van der Waals surface area contributed by atoms with Crippen LogP contribution >= 0.6 is 23.1 Å². The highest BCUT2D eigenvalue weighted by Gasteiger charge is 2.31. The zero-order valence-corrected chi connectivity index (χ0v) is 11.5. The molecule has 0 spiro atoms. The van der Waals surface area contributed by atoms with Crippen molar-refractivity contribution < 1.29 is 8.42 Å². The number of hydrogen-bond acceptors (Lipinski definition) is 5. The summed E-state index contributed by atoms with van der Waals surface area (Å²) in [5, 5.41) is 2.56. The molecular formula is C10H10N2O2S3. The van der Waals surface area contributed by atoms with Crippen LogP contribution in [0.3, 0.4) is 0 Å². The van der Waals surface area contributed by atoms with Gasteiger partial charge in [-0.2, -0.15) is 0 Å². The third-order valence-electron chi connectivity index (χ3n) is 2.58. The Balaban J connectivity index is 1.97. The van der Waals surface area contributed by atoms with Gasteiger partial charge in [0.15, 0.2) is 5.17 Å². The van der Waals surface area contributed by atoms with Crippen molar-refractivity contribution in [3.63, 3.8) is 0 Å². The molecule has 2 aliphatic rings. The van der Waals surface area contributed by atoms with Crippen LogP contribution in [-0.4, -0.2) is 30.8 Å². The summed E-state index contributed by atoms with van der Waals surface area (Å²) in [6, 6.07) is 4.14. The highest BCUT2D eigenvalue weighted by molar-refractivity contribution is 8.17. The Hall–Kier alpha value is -0.790. The third kappa shape index (κ3) is 2.02. The summed E-state index contributed by atoms with van der Waals surface area (Å²) in [5.41, 5.74) is 1.07. The van der Waals surface area contributed by atoms with E-state index in [0.717, 1.165) is 5.70 Å².